The van der Waals surface area contributed by atoms with Gasteiger partial charge >= 0.3 is 0 Å². The molecule has 2 aromatic carbocycles. The summed E-state index contributed by atoms with van der Waals surface area (Å²) in [6, 6.07) is 19.6. The van der Waals surface area contributed by atoms with Gasteiger partial charge in [-0.1, -0.05) is 24.3 Å². The van der Waals surface area contributed by atoms with Crippen molar-refractivity contribution in [3.8, 4) is 5.75 Å². The minimum absolute atomic E-state index is 0.0289. The maximum atomic E-state index is 13.5. The second kappa shape index (κ2) is 6.87. The summed E-state index contributed by atoms with van der Waals surface area (Å²) in [5.74, 6) is 2.56. The molecule has 0 fully saturated rings. The van der Waals surface area contributed by atoms with Crippen LogP contribution in [0.5, 0.6) is 5.75 Å². The van der Waals surface area contributed by atoms with Gasteiger partial charge in [0.05, 0.1) is 30.4 Å². The van der Waals surface area contributed by atoms with Crippen molar-refractivity contribution in [2.75, 3.05) is 12.4 Å². The molecule has 0 amide bonds. The van der Waals surface area contributed by atoms with Crippen LogP contribution in [0.1, 0.15) is 36.1 Å². The number of allylic oxidation sites excluding steroid dienone is 2. The lowest BCUT2D eigenvalue weighted by Crippen LogP contribution is -2.33. The van der Waals surface area contributed by atoms with Crippen LogP contribution in [0, 0.1) is 0 Å². The number of rotatable bonds is 3. The molecule has 31 heavy (non-hydrogen) atoms. The van der Waals surface area contributed by atoms with Crippen LogP contribution >= 0.6 is 0 Å². The summed E-state index contributed by atoms with van der Waals surface area (Å²) in [4.78, 5) is 18.3. The first-order valence-corrected chi connectivity index (χ1v) is 10.4. The third-order valence-corrected chi connectivity index (χ3v) is 6.28. The molecule has 0 saturated heterocycles. The number of furan rings is 1. The average molecular weight is 411 g/mol. The van der Waals surface area contributed by atoms with Crippen molar-refractivity contribution in [2.24, 2.45) is 0 Å². The molecule has 6 heteroatoms. The Kier molecular flexibility index (Phi) is 3.99. The monoisotopic (exact) mass is 411 g/mol. The zero-order chi connectivity index (χ0) is 20.9. The number of imidazole rings is 1. The second-order valence-corrected chi connectivity index (χ2v) is 8.03. The quantitative estimate of drug-likeness (QED) is 0.511. The molecular weight excluding hydrogens is 390 g/mol. The van der Waals surface area contributed by atoms with Gasteiger partial charge in [-0.05, 0) is 48.4 Å². The van der Waals surface area contributed by atoms with E-state index in [-0.39, 0.29) is 17.7 Å². The second-order valence-electron chi connectivity index (χ2n) is 8.03. The SMILES string of the molecule is COc1ccc([C@@H]2C3=C(C[C@H](c4ccco4)CC3=O)Nc3nc4ccccc4n32)cc1. The molecule has 154 valence electrons. The fraction of sp³-hybridized carbons (Fsp3) is 0.200. The van der Waals surface area contributed by atoms with Crippen LogP contribution in [0.4, 0.5) is 5.95 Å². The number of benzene rings is 2. The van der Waals surface area contributed by atoms with E-state index < -0.39 is 0 Å². The summed E-state index contributed by atoms with van der Waals surface area (Å²) in [5, 5.41) is 3.48. The van der Waals surface area contributed by atoms with Crippen LogP contribution in [-0.4, -0.2) is 22.4 Å². The molecular formula is C25H21N3O3. The van der Waals surface area contributed by atoms with Crippen molar-refractivity contribution in [1.29, 1.82) is 0 Å². The normalized spacial score (nSPS) is 20.4. The Balaban J connectivity index is 1.54. The summed E-state index contributed by atoms with van der Waals surface area (Å²) in [5.41, 5.74) is 4.67. The van der Waals surface area contributed by atoms with Crippen LogP contribution in [0.15, 0.2) is 82.6 Å². The predicted molar refractivity (Wildman–Crippen MR) is 117 cm³/mol. The smallest absolute Gasteiger partial charge is 0.209 e. The van der Waals surface area contributed by atoms with E-state index in [9.17, 15) is 4.79 Å². The van der Waals surface area contributed by atoms with Crippen molar-refractivity contribution in [3.63, 3.8) is 0 Å². The minimum Gasteiger partial charge on any atom is -0.497 e. The number of hydrogen-bond acceptors (Lipinski definition) is 5. The van der Waals surface area contributed by atoms with Gasteiger partial charge in [0.15, 0.2) is 5.78 Å². The lowest BCUT2D eigenvalue weighted by atomic mass is 9.79. The van der Waals surface area contributed by atoms with E-state index in [2.05, 4.69) is 16.0 Å². The van der Waals surface area contributed by atoms with Crippen molar-refractivity contribution >= 4 is 22.8 Å². The van der Waals surface area contributed by atoms with Gasteiger partial charge < -0.3 is 14.5 Å². The Morgan fingerprint density at radius 3 is 2.68 bits per heavy atom. The van der Waals surface area contributed by atoms with Gasteiger partial charge in [-0.25, -0.2) is 4.98 Å². The van der Waals surface area contributed by atoms with Gasteiger partial charge in [-0.3, -0.25) is 9.36 Å². The molecule has 0 saturated carbocycles. The lowest BCUT2D eigenvalue weighted by Gasteiger charge is -2.36. The Morgan fingerprint density at radius 2 is 1.90 bits per heavy atom. The van der Waals surface area contributed by atoms with Gasteiger partial charge in [0, 0.05) is 23.6 Å². The Bertz CT molecular complexity index is 1320. The number of Topliss-reactive ketones (excluding diaryl/α,β-unsaturated/α-hetero) is 1. The van der Waals surface area contributed by atoms with Crippen molar-refractivity contribution in [3.05, 3.63) is 89.5 Å². The third-order valence-electron chi connectivity index (χ3n) is 6.28. The molecule has 3 heterocycles. The topological polar surface area (TPSA) is 69.3 Å². The highest BCUT2D eigenvalue weighted by Crippen LogP contribution is 2.46. The highest BCUT2D eigenvalue weighted by atomic mass is 16.5. The fourth-order valence-electron chi connectivity index (χ4n) is 4.85. The number of nitrogens with zero attached hydrogens (tertiary/aromatic N) is 2. The Labute approximate surface area is 179 Å². The fourth-order valence-corrected chi connectivity index (χ4v) is 4.85. The number of fused-ring (bicyclic) bond motifs is 3. The van der Waals surface area contributed by atoms with Crippen molar-refractivity contribution < 1.29 is 13.9 Å². The number of carbonyl (C=O) groups is 1. The van der Waals surface area contributed by atoms with Crippen LogP contribution in [0.25, 0.3) is 11.0 Å². The molecule has 0 radical (unpaired) electrons. The summed E-state index contributed by atoms with van der Waals surface area (Å²) >= 11 is 0. The lowest BCUT2D eigenvalue weighted by molar-refractivity contribution is -0.116. The molecule has 0 unspecified atom stereocenters. The standard InChI is InChI=1S/C25H21N3O3/c1-30-17-10-8-15(9-11-17)24-23-19(13-16(14-21(23)29)22-7-4-12-31-22)27-25-26-18-5-2-3-6-20(18)28(24)25/h2-12,16,24H,13-14H2,1H3,(H,26,27)/t16-,24+/m0/s1. The van der Waals surface area contributed by atoms with E-state index in [0.717, 1.165) is 45.3 Å². The maximum absolute atomic E-state index is 13.5. The molecule has 2 aliphatic rings. The number of methoxy groups -OCH3 is 1. The average Bonchev–Trinajstić information content (AvgIpc) is 3.46. The van der Waals surface area contributed by atoms with Crippen molar-refractivity contribution in [2.45, 2.75) is 24.8 Å². The van der Waals surface area contributed by atoms with E-state index in [4.69, 9.17) is 14.1 Å². The highest BCUT2D eigenvalue weighted by Gasteiger charge is 2.40. The molecule has 1 N–H and O–H groups in total. The molecule has 1 aliphatic heterocycles. The van der Waals surface area contributed by atoms with E-state index in [1.807, 2.05) is 54.6 Å². The first-order valence-electron chi connectivity index (χ1n) is 10.4. The zero-order valence-electron chi connectivity index (χ0n) is 17.0. The number of aromatic nitrogens is 2. The van der Waals surface area contributed by atoms with Crippen LogP contribution in [0.2, 0.25) is 0 Å². The number of nitrogens with one attached hydrogen (secondary N) is 1. The number of hydrogen-bond donors (Lipinski definition) is 1. The van der Waals surface area contributed by atoms with Gasteiger partial charge in [0.25, 0.3) is 0 Å². The first-order chi connectivity index (χ1) is 15.2. The number of ether oxygens (including phenoxy) is 1. The minimum atomic E-state index is -0.241. The number of carbonyl (C=O) groups excluding carboxylic acids is 1. The van der Waals surface area contributed by atoms with Crippen LogP contribution in [-0.2, 0) is 4.79 Å². The maximum Gasteiger partial charge on any atom is 0.209 e. The van der Waals surface area contributed by atoms with Crippen molar-refractivity contribution in [1.82, 2.24) is 9.55 Å². The van der Waals surface area contributed by atoms with E-state index in [0.29, 0.717) is 12.8 Å². The predicted octanol–water partition coefficient (Wildman–Crippen LogP) is 5.05. The molecule has 0 bridgehead atoms. The molecule has 6 rings (SSSR count). The Hall–Kier alpha value is -3.80. The van der Waals surface area contributed by atoms with Gasteiger partial charge in [0.1, 0.15) is 11.5 Å². The molecule has 2 atom stereocenters. The molecule has 0 spiro atoms. The largest absolute Gasteiger partial charge is 0.497 e. The molecule has 1 aliphatic carbocycles. The molecule has 4 aromatic rings. The number of para-hydroxylation sites is 2. The van der Waals surface area contributed by atoms with Crippen LogP contribution < -0.4 is 10.1 Å². The van der Waals surface area contributed by atoms with E-state index >= 15 is 0 Å². The van der Waals surface area contributed by atoms with Gasteiger partial charge in [-0.15, -0.1) is 0 Å². The Morgan fingerprint density at radius 1 is 1.06 bits per heavy atom. The summed E-state index contributed by atoms with van der Waals surface area (Å²) in [7, 11) is 1.65. The highest BCUT2D eigenvalue weighted by molar-refractivity contribution is 6.01. The number of anilines is 1. The number of ketones is 1. The molecule has 6 nitrogen and oxygen atoms in total. The summed E-state index contributed by atoms with van der Waals surface area (Å²) in [6.45, 7) is 0. The third kappa shape index (κ3) is 2.79. The molecule has 2 aromatic heterocycles. The zero-order valence-corrected chi connectivity index (χ0v) is 17.0. The van der Waals surface area contributed by atoms with Crippen LogP contribution in [0.3, 0.4) is 0 Å². The van der Waals surface area contributed by atoms with E-state index in [1.165, 1.54) is 0 Å². The summed E-state index contributed by atoms with van der Waals surface area (Å²) in [6.07, 6.45) is 2.81. The van der Waals surface area contributed by atoms with Gasteiger partial charge in [-0.2, -0.15) is 0 Å². The summed E-state index contributed by atoms with van der Waals surface area (Å²) < 4.78 is 13.1. The van der Waals surface area contributed by atoms with E-state index in [1.54, 1.807) is 13.4 Å². The first kappa shape index (κ1) is 18.0. The van der Waals surface area contributed by atoms with Gasteiger partial charge in [0.2, 0.25) is 5.95 Å².